The van der Waals surface area contributed by atoms with Crippen molar-refractivity contribution in [1.82, 2.24) is 4.90 Å². The number of Topliss-reactive ketones (excluding diaryl/α,β-unsaturated/α-hetero) is 1. The Morgan fingerprint density at radius 3 is 2.29 bits per heavy atom. The molecule has 216 valence electrons. The first kappa shape index (κ1) is 29.1. The summed E-state index contributed by atoms with van der Waals surface area (Å²) in [5.41, 5.74) is 4.29. The lowest BCUT2D eigenvalue weighted by atomic mass is 9.99. The number of aliphatic hydroxyl groups is 1. The second kappa shape index (κ2) is 14.0. The average molecular weight is 557 g/mol. The Kier molecular flexibility index (Phi) is 9.96. The SMILES string of the molecule is CC(=O)c1cccc(NC(=O)c2cccc(C3O[C@H](CN4CCCCCCC4)C[C@H](c4ccc(CO)cc4)O3)c2)c1. The summed E-state index contributed by atoms with van der Waals surface area (Å²) in [6.07, 6.45) is 6.22. The van der Waals surface area contributed by atoms with E-state index in [0.29, 0.717) is 16.8 Å². The topological polar surface area (TPSA) is 88.1 Å². The Bertz CT molecular complexity index is 1320. The third-order valence-electron chi connectivity index (χ3n) is 7.97. The van der Waals surface area contributed by atoms with Gasteiger partial charge in [-0.15, -0.1) is 0 Å². The molecule has 5 rings (SSSR count). The first-order valence-electron chi connectivity index (χ1n) is 14.7. The number of likely N-dealkylation sites (tertiary alicyclic amines) is 1. The highest BCUT2D eigenvalue weighted by atomic mass is 16.7. The Balaban J connectivity index is 1.35. The normalized spacial score (nSPS) is 22.0. The quantitative estimate of drug-likeness (QED) is 0.310. The molecular weight excluding hydrogens is 516 g/mol. The number of ether oxygens (including phenoxy) is 2. The van der Waals surface area contributed by atoms with Gasteiger partial charge in [-0.25, -0.2) is 0 Å². The molecule has 0 saturated carbocycles. The lowest BCUT2D eigenvalue weighted by Gasteiger charge is -2.39. The fourth-order valence-electron chi connectivity index (χ4n) is 5.66. The van der Waals surface area contributed by atoms with E-state index in [1.807, 2.05) is 42.5 Å². The second-order valence-corrected chi connectivity index (χ2v) is 11.1. The molecule has 7 heteroatoms. The van der Waals surface area contributed by atoms with E-state index in [-0.39, 0.29) is 30.5 Å². The third-order valence-corrected chi connectivity index (χ3v) is 7.97. The van der Waals surface area contributed by atoms with Gasteiger partial charge >= 0.3 is 0 Å². The Morgan fingerprint density at radius 2 is 1.56 bits per heavy atom. The number of aliphatic hydroxyl groups excluding tert-OH is 1. The zero-order valence-electron chi connectivity index (χ0n) is 23.8. The first-order chi connectivity index (χ1) is 20.0. The van der Waals surface area contributed by atoms with E-state index in [0.717, 1.165) is 42.7 Å². The van der Waals surface area contributed by atoms with Gasteiger partial charge < -0.3 is 24.8 Å². The molecule has 2 heterocycles. The molecule has 2 N–H and O–H groups in total. The smallest absolute Gasteiger partial charge is 0.255 e. The van der Waals surface area contributed by atoms with E-state index in [2.05, 4.69) is 10.2 Å². The van der Waals surface area contributed by atoms with Gasteiger partial charge in [0.2, 0.25) is 0 Å². The lowest BCUT2D eigenvalue weighted by Crippen LogP contribution is -2.40. The predicted molar refractivity (Wildman–Crippen MR) is 159 cm³/mol. The van der Waals surface area contributed by atoms with Gasteiger partial charge in [0.25, 0.3) is 5.91 Å². The van der Waals surface area contributed by atoms with Crippen LogP contribution in [-0.2, 0) is 16.1 Å². The average Bonchev–Trinajstić information content (AvgIpc) is 2.98. The number of amides is 1. The van der Waals surface area contributed by atoms with Gasteiger partial charge in [0, 0.05) is 35.3 Å². The monoisotopic (exact) mass is 556 g/mol. The van der Waals surface area contributed by atoms with Crippen LogP contribution in [-0.4, -0.2) is 47.4 Å². The summed E-state index contributed by atoms with van der Waals surface area (Å²) in [4.78, 5) is 27.4. The van der Waals surface area contributed by atoms with Crippen molar-refractivity contribution in [2.24, 2.45) is 0 Å². The van der Waals surface area contributed by atoms with Crippen molar-refractivity contribution in [3.8, 4) is 0 Å². The zero-order chi connectivity index (χ0) is 28.6. The highest BCUT2D eigenvalue weighted by Gasteiger charge is 2.33. The Morgan fingerprint density at radius 1 is 0.854 bits per heavy atom. The van der Waals surface area contributed by atoms with Crippen LogP contribution in [0, 0.1) is 0 Å². The second-order valence-electron chi connectivity index (χ2n) is 11.1. The number of rotatable bonds is 8. The zero-order valence-corrected chi connectivity index (χ0v) is 23.8. The summed E-state index contributed by atoms with van der Waals surface area (Å²) >= 11 is 0. The molecule has 0 spiro atoms. The molecule has 0 aliphatic carbocycles. The molecule has 3 atom stereocenters. The molecule has 2 aliphatic rings. The van der Waals surface area contributed by atoms with Crippen molar-refractivity contribution in [3.63, 3.8) is 0 Å². The molecule has 7 nitrogen and oxygen atoms in total. The number of nitrogens with one attached hydrogen (secondary N) is 1. The van der Waals surface area contributed by atoms with Crippen LogP contribution in [0.4, 0.5) is 5.69 Å². The van der Waals surface area contributed by atoms with Crippen LogP contribution in [0.5, 0.6) is 0 Å². The maximum Gasteiger partial charge on any atom is 0.255 e. The third kappa shape index (κ3) is 7.89. The van der Waals surface area contributed by atoms with Crippen LogP contribution in [0.3, 0.4) is 0 Å². The minimum atomic E-state index is -0.625. The van der Waals surface area contributed by atoms with Crippen molar-refractivity contribution >= 4 is 17.4 Å². The molecule has 3 aromatic rings. The number of benzene rings is 3. The van der Waals surface area contributed by atoms with Crippen LogP contribution >= 0.6 is 0 Å². The van der Waals surface area contributed by atoms with Crippen LogP contribution in [0.15, 0.2) is 72.8 Å². The van der Waals surface area contributed by atoms with Gasteiger partial charge in [-0.1, -0.05) is 67.8 Å². The van der Waals surface area contributed by atoms with E-state index in [1.165, 1.54) is 39.0 Å². The molecule has 2 saturated heterocycles. The van der Waals surface area contributed by atoms with Crippen LogP contribution in [0.1, 0.15) is 95.2 Å². The fraction of sp³-hybridized carbons (Fsp3) is 0.412. The van der Waals surface area contributed by atoms with Crippen LogP contribution in [0.25, 0.3) is 0 Å². The minimum absolute atomic E-state index is 0.00300. The first-order valence-corrected chi connectivity index (χ1v) is 14.7. The summed E-state index contributed by atoms with van der Waals surface area (Å²) in [7, 11) is 0. The van der Waals surface area contributed by atoms with Gasteiger partial charge in [-0.3, -0.25) is 9.59 Å². The summed E-state index contributed by atoms with van der Waals surface area (Å²) in [6, 6.07) is 22.2. The molecule has 1 unspecified atom stereocenters. The Labute approximate surface area is 242 Å². The number of nitrogens with zero attached hydrogens (tertiary/aromatic N) is 1. The maximum absolute atomic E-state index is 13.2. The number of ketones is 1. The van der Waals surface area contributed by atoms with Crippen molar-refractivity contribution in [2.75, 3.05) is 25.0 Å². The molecule has 2 fully saturated rings. The number of hydrogen-bond acceptors (Lipinski definition) is 6. The van der Waals surface area contributed by atoms with E-state index in [1.54, 1.807) is 30.3 Å². The van der Waals surface area contributed by atoms with E-state index in [4.69, 9.17) is 9.47 Å². The van der Waals surface area contributed by atoms with Gasteiger partial charge in [0.05, 0.1) is 18.8 Å². The summed E-state index contributed by atoms with van der Waals surface area (Å²) < 4.78 is 13.1. The van der Waals surface area contributed by atoms with Crippen LogP contribution in [0.2, 0.25) is 0 Å². The van der Waals surface area contributed by atoms with Crippen molar-refractivity contribution in [2.45, 2.75) is 70.6 Å². The van der Waals surface area contributed by atoms with Gasteiger partial charge in [0.1, 0.15) is 0 Å². The highest BCUT2D eigenvalue weighted by Crippen LogP contribution is 2.38. The molecule has 0 bridgehead atoms. The van der Waals surface area contributed by atoms with E-state index >= 15 is 0 Å². The van der Waals surface area contributed by atoms with Gasteiger partial charge in [0.15, 0.2) is 12.1 Å². The number of carbonyl (C=O) groups is 2. The molecular formula is C34H40N2O5. The fourth-order valence-corrected chi connectivity index (χ4v) is 5.66. The van der Waals surface area contributed by atoms with Gasteiger partial charge in [-0.2, -0.15) is 0 Å². The largest absolute Gasteiger partial charge is 0.392 e. The molecule has 0 radical (unpaired) electrons. The Hall–Kier alpha value is -3.36. The minimum Gasteiger partial charge on any atom is -0.392 e. The van der Waals surface area contributed by atoms with Crippen molar-refractivity contribution < 1.29 is 24.2 Å². The van der Waals surface area contributed by atoms with E-state index < -0.39 is 6.29 Å². The summed E-state index contributed by atoms with van der Waals surface area (Å²) in [5, 5.41) is 12.4. The molecule has 1 amide bonds. The number of anilines is 1. The summed E-state index contributed by atoms with van der Waals surface area (Å²) in [5.74, 6) is -0.322. The number of hydrogen-bond donors (Lipinski definition) is 2. The molecule has 3 aromatic carbocycles. The van der Waals surface area contributed by atoms with Gasteiger partial charge in [-0.05, 0) is 68.2 Å². The van der Waals surface area contributed by atoms with Crippen LogP contribution < -0.4 is 5.32 Å². The summed E-state index contributed by atoms with van der Waals surface area (Å²) in [6.45, 7) is 4.52. The standard InChI is InChI=1S/C34H40N2O5/c1-24(38)27-9-8-12-30(20-27)35-33(39)28-10-7-11-29(19-28)34-40-31(22-36-17-5-3-2-4-6-18-36)21-32(41-34)26-15-13-25(23-37)14-16-26/h7-16,19-20,31-32,34,37H,2-6,17-18,21-23H2,1H3,(H,35,39)/t31-,32+,34?/m0/s1. The molecule has 2 aliphatic heterocycles. The molecule has 0 aromatic heterocycles. The van der Waals surface area contributed by atoms with Crippen molar-refractivity contribution in [3.05, 3.63) is 101 Å². The van der Waals surface area contributed by atoms with E-state index in [9.17, 15) is 14.7 Å². The maximum atomic E-state index is 13.2. The number of carbonyl (C=O) groups excluding carboxylic acids is 2. The predicted octanol–water partition coefficient (Wildman–Crippen LogP) is 6.45. The van der Waals surface area contributed by atoms with Crippen molar-refractivity contribution in [1.29, 1.82) is 0 Å². The lowest BCUT2D eigenvalue weighted by molar-refractivity contribution is -0.253. The molecule has 41 heavy (non-hydrogen) atoms. The highest BCUT2D eigenvalue weighted by molar-refractivity contribution is 6.05.